The minimum atomic E-state index is -0.451. The summed E-state index contributed by atoms with van der Waals surface area (Å²) in [4.78, 5) is 27.6. The molecule has 1 aromatic carbocycles. The molecule has 0 saturated heterocycles. The van der Waals surface area contributed by atoms with Crippen LogP contribution in [0, 0.1) is 13.8 Å². The van der Waals surface area contributed by atoms with E-state index in [1.165, 1.54) is 0 Å². The predicted octanol–water partition coefficient (Wildman–Crippen LogP) is 3.68. The molecule has 0 spiro atoms. The van der Waals surface area contributed by atoms with Gasteiger partial charge < -0.3 is 15.3 Å². The van der Waals surface area contributed by atoms with Gasteiger partial charge in [0.15, 0.2) is 0 Å². The van der Waals surface area contributed by atoms with Crippen LogP contribution in [-0.2, 0) is 6.54 Å². The Hall–Kier alpha value is -3.08. The van der Waals surface area contributed by atoms with Crippen molar-refractivity contribution in [3.63, 3.8) is 0 Å². The third-order valence-corrected chi connectivity index (χ3v) is 4.71. The fraction of sp³-hybridized carbons (Fsp3) is 0.238. The first-order valence-corrected chi connectivity index (χ1v) is 8.71. The highest BCUT2D eigenvalue weighted by Crippen LogP contribution is 2.33. The molecular formula is C21H23N3O2. The molecule has 0 aliphatic carbocycles. The van der Waals surface area contributed by atoms with Gasteiger partial charge in [0.1, 0.15) is 5.52 Å². The Bertz CT molecular complexity index is 1070. The van der Waals surface area contributed by atoms with E-state index >= 15 is 0 Å². The number of nitrogens with zero attached hydrogens (tertiary/aromatic N) is 1. The number of nitrogens with one attached hydrogen (secondary N) is 1. The highest BCUT2D eigenvalue weighted by molar-refractivity contribution is 6.00. The number of aromatic nitrogens is 2. The molecule has 0 bridgehead atoms. The predicted molar refractivity (Wildman–Crippen MR) is 105 cm³/mol. The Morgan fingerprint density at radius 3 is 2.69 bits per heavy atom. The average Bonchev–Trinajstić information content (AvgIpc) is 3.08. The summed E-state index contributed by atoms with van der Waals surface area (Å²) in [5.74, 6) is -0.451. The van der Waals surface area contributed by atoms with Gasteiger partial charge >= 0.3 is 0 Å². The van der Waals surface area contributed by atoms with Crippen molar-refractivity contribution < 1.29 is 4.79 Å². The molecule has 2 aromatic heterocycles. The van der Waals surface area contributed by atoms with Crippen LogP contribution in [0.1, 0.15) is 34.8 Å². The fourth-order valence-corrected chi connectivity index (χ4v) is 3.42. The van der Waals surface area contributed by atoms with Crippen LogP contribution < -0.4 is 11.3 Å². The van der Waals surface area contributed by atoms with Crippen LogP contribution in [-0.4, -0.2) is 15.5 Å². The van der Waals surface area contributed by atoms with Gasteiger partial charge in [-0.3, -0.25) is 9.59 Å². The second-order valence-corrected chi connectivity index (χ2v) is 6.44. The van der Waals surface area contributed by atoms with Crippen molar-refractivity contribution in [3.8, 4) is 11.1 Å². The van der Waals surface area contributed by atoms with Gasteiger partial charge in [0.2, 0.25) is 5.91 Å². The normalized spacial score (nSPS) is 11.5. The number of H-pyrrole nitrogens is 1. The molecule has 2 heterocycles. The summed E-state index contributed by atoms with van der Waals surface area (Å²) < 4.78 is 1.69. The number of pyridine rings is 1. The van der Waals surface area contributed by atoms with Gasteiger partial charge in [0.05, 0.1) is 0 Å². The molecule has 0 aliphatic rings. The molecule has 1 amide bonds. The number of aromatic amines is 1. The van der Waals surface area contributed by atoms with Gasteiger partial charge in [-0.05, 0) is 49.1 Å². The van der Waals surface area contributed by atoms with E-state index in [0.29, 0.717) is 17.6 Å². The number of fused-ring (bicyclic) bond motifs is 1. The minimum Gasteiger partial charge on any atom is -0.366 e. The van der Waals surface area contributed by atoms with Crippen LogP contribution in [0.2, 0.25) is 0 Å². The SMILES string of the molecule is CC/C=C/Cn1cc(-c2c(C)ccc(C(N)=O)c2C)c2cc[nH]c2c1=O. The van der Waals surface area contributed by atoms with E-state index in [2.05, 4.69) is 11.9 Å². The summed E-state index contributed by atoms with van der Waals surface area (Å²) in [7, 11) is 0. The third kappa shape index (κ3) is 2.96. The molecule has 0 unspecified atom stereocenters. The summed E-state index contributed by atoms with van der Waals surface area (Å²) >= 11 is 0. The van der Waals surface area contributed by atoms with Gasteiger partial charge in [-0.2, -0.15) is 0 Å². The number of benzene rings is 1. The number of nitrogens with two attached hydrogens (primary N) is 1. The summed E-state index contributed by atoms with van der Waals surface area (Å²) in [6.07, 6.45) is 8.59. The van der Waals surface area contributed by atoms with E-state index in [4.69, 9.17) is 5.73 Å². The number of primary amides is 1. The van der Waals surface area contributed by atoms with E-state index in [1.54, 1.807) is 16.8 Å². The lowest BCUT2D eigenvalue weighted by Gasteiger charge is -2.16. The molecule has 0 radical (unpaired) electrons. The average molecular weight is 349 g/mol. The molecule has 3 rings (SSSR count). The second-order valence-electron chi connectivity index (χ2n) is 6.44. The highest BCUT2D eigenvalue weighted by atomic mass is 16.1. The van der Waals surface area contributed by atoms with E-state index in [-0.39, 0.29) is 5.56 Å². The van der Waals surface area contributed by atoms with Crippen LogP contribution in [0.4, 0.5) is 0 Å². The number of allylic oxidation sites excluding steroid dienone is 2. The number of rotatable bonds is 5. The Balaban J connectivity index is 2.32. The fourth-order valence-electron chi connectivity index (χ4n) is 3.42. The molecule has 0 atom stereocenters. The molecule has 5 heteroatoms. The first-order chi connectivity index (χ1) is 12.5. The summed E-state index contributed by atoms with van der Waals surface area (Å²) in [6.45, 7) is 6.45. The van der Waals surface area contributed by atoms with Crippen LogP contribution in [0.25, 0.3) is 22.0 Å². The molecule has 0 aliphatic heterocycles. The first kappa shape index (κ1) is 17.7. The van der Waals surface area contributed by atoms with Crippen molar-refractivity contribution >= 4 is 16.8 Å². The Kier molecular flexibility index (Phi) is 4.80. The zero-order chi connectivity index (χ0) is 18.8. The van der Waals surface area contributed by atoms with E-state index < -0.39 is 5.91 Å². The zero-order valence-electron chi connectivity index (χ0n) is 15.3. The molecule has 26 heavy (non-hydrogen) atoms. The Morgan fingerprint density at radius 2 is 2.00 bits per heavy atom. The molecular weight excluding hydrogens is 326 g/mol. The van der Waals surface area contributed by atoms with Gasteiger partial charge in [-0.1, -0.05) is 25.1 Å². The number of aryl methyl sites for hydroxylation is 1. The third-order valence-electron chi connectivity index (χ3n) is 4.71. The summed E-state index contributed by atoms with van der Waals surface area (Å²) in [5, 5.41) is 0.846. The second kappa shape index (κ2) is 7.04. The lowest BCUT2D eigenvalue weighted by molar-refractivity contribution is 0.1000. The number of amides is 1. The van der Waals surface area contributed by atoms with Gasteiger partial charge in [-0.25, -0.2) is 0 Å². The maximum absolute atomic E-state index is 12.7. The van der Waals surface area contributed by atoms with E-state index in [0.717, 1.165) is 34.1 Å². The summed E-state index contributed by atoms with van der Waals surface area (Å²) in [5.41, 5.74) is 10.3. The van der Waals surface area contributed by atoms with Crippen LogP contribution in [0.3, 0.4) is 0 Å². The molecule has 0 saturated carbocycles. The van der Waals surface area contributed by atoms with Crippen molar-refractivity contribution in [1.29, 1.82) is 0 Å². The largest absolute Gasteiger partial charge is 0.366 e. The highest BCUT2D eigenvalue weighted by Gasteiger charge is 2.17. The zero-order valence-corrected chi connectivity index (χ0v) is 15.3. The Morgan fingerprint density at radius 1 is 1.23 bits per heavy atom. The van der Waals surface area contributed by atoms with Gasteiger partial charge in [0, 0.05) is 35.5 Å². The van der Waals surface area contributed by atoms with E-state index in [9.17, 15) is 9.59 Å². The van der Waals surface area contributed by atoms with Gasteiger partial charge in [-0.15, -0.1) is 0 Å². The van der Waals surface area contributed by atoms with Crippen molar-refractivity contribution in [1.82, 2.24) is 9.55 Å². The van der Waals surface area contributed by atoms with Crippen molar-refractivity contribution in [2.24, 2.45) is 5.73 Å². The van der Waals surface area contributed by atoms with Crippen molar-refractivity contribution in [3.05, 3.63) is 69.8 Å². The maximum atomic E-state index is 12.7. The van der Waals surface area contributed by atoms with Crippen molar-refractivity contribution in [2.75, 3.05) is 0 Å². The molecule has 5 nitrogen and oxygen atoms in total. The molecule has 3 N–H and O–H groups in total. The van der Waals surface area contributed by atoms with Crippen molar-refractivity contribution in [2.45, 2.75) is 33.7 Å². The first-order valence-electron chi connectivity index (χ1n) is 8.71. The Labute approximate surface area is 152 Å². The topological polar surface area (TPSA) is 80.9 Å². The standard InChI is InChI=1S/C21H23N3O2/c1-4-5-6-11-24-12-17(16-9-10-23-19(16)21(24)26)18-13(2)7-8-15(14(18)3)20(22)25/h5-10,12,23H,4,11H2,1-3H3,(H2,22,25)/b6-5+. The monoisotopic (exact) mass is 349 g/mol. The minimum absolute atomic E-state index is 0.0594. The number of carbonyl (C=O) groups excluding carboxylic acids is 1. The number of hydrogen-bond acceptors (Lipinski definition) is 2. The van der Waals surface area contributed by atoms with Crippen LogP contribution >= 0.6 is 0 Å². The van der Waals surface area contributed by atoms with Gasteiger partial charge in [0.25, 0.3) is 5.56 Å². The summed E-state index contributed by atoms with van der Waals surface area (Å²) in [6, 6.07) is 5.55. The lowest BCUT2D eigenvalue weighted by Crippen LogP contribution is -2.20. The lowest BCUT2D eigenvalue weighted by atomic mass is 9.91. The quantitative estimate of drug-likeness (QED) is 0.689. The molecule has 0 fully saturated rings. The smallest absolute Gasteiger partial charge is 0.275 e. The maximum Gasteiger partial charge on any atom is 0.275 e. The molecule has 3 aromatic rings. The number of hydrogen-bond donors (Lipinski definition) is 2. The van der Waals surface area contributed by atoms with Crippen LogP contribution in [0.15, 0.2) is 47.5 Å². The number of carbonyl (C=O) groups is 1. The van der Waals surface area contributed by atoms with E-state index in [1.807, 2.05) is 44.3 Å². The molecule has 134 valence electrons. The van der Waals surface area contributed by atoms with Crippen LogP contribution in [0.5, 0.6) is 0 Å².